The second-order valence-electron chi connectivity index (χ2n) is 4.76. The summed E-state index contributed by atoms with van der Waals surface area (Å²) in [6.45, 7) is 9.41. The molecule has 0 saturated carbocycles. The lowest BCUT2D eigenvalue weighted by Gasteiger charge is -2.18. The topological polar surface area (TPSA) is 41.1 Å². The minimum Gasteiger partial charge on any atom is -0.355 e. The minimum absolute atomic E-state index is 0.632. The van der Waals surface area contributed by atoms with Crippen LogP contribution < -0.4 is 10.2 Å². The molecule has 94 valence electrons. The van der Waals surface area contributed by atoms with Gasteiger partial charge in [0.15, 0.2) is 5.82 Å². The van der Waals surface area contributed by atoms with Gasteiger partial charge in [0, 0.05) is 19.6 Å². The van der Waals surface area contributed by atoms with Gasteiger partial charge in [0.1, 0.15) is 5.02 Å². The van der Waals surface area contributed by atoms with Crippen molar-refractivity contribution in [3.8, 4) is 0 Å². The van der Waals surface area contributed by atoms with Gasteiger partial charge >= 0.3 is 0 Å². The van der Waals surface area contributed by atoms with Gasteiger partial charge in [0.05, 0.1) is 6.20 Å². The van der Waals surface area contributed by atoms with E-state index in [9.17, 15) is 0 Å². The molecular formula is C12H19ClN4. The van der Waals surface area contributed by atoms with E-state index in [0.29, 0.717) is 22.8 Å². The van der Waals surface area contributed by atoms with Crippen molar-refractivity contribution in [1.29, 1.82) is 0 Å². The van der Waals surface area contributed by atoms with Crippen LogP contribution in [0.25, 0.3) is 0 Å². The van der Waals surface area contributed by atoms with E-state index >= 15 is 0 Å². The van der Waals surface area contributed by atoms with E-state index in [-0.39, 0.29) is 0 Å². The zero-order valence-corrected chi connectivity index (χ0v) is 11.3. The predicted octanol–water partition coefficient (Wildman–Crippen LogP) is 2.65. The Bertz CT molecular complexity index is 386. The molecule has 1 aliphatic rings. The summed E-state index contributed by atoms with van der Waals surface area (Å²) < 4.78 is 0. The largest absolute Gasteiger partial charge is 0.355 e. The second kappa shape index (κ2) is 5.08. The van der Waals surface area contributed by atoms with Crippen molar-refractivity contribution in [3.63, 3.8) is 0 Å². The van der Waals surface area contributed by atoms with Crippen LogP contribution in [0.15, 0.2) is 6.20 Å². The van der Waals surface area contributed by atoms with Crippen molar-refractivity contribution in [2.75, 3.05) is 29.9 Å². The Morgan fingerprint density at radius 2 is 2.06 bits per heavy atom. The number of anilines is 2. The second-order valence-corrected chi connectivity index (χ2v) is 5.16. The zero-order chi connectivity index (χ0) is 12.4. The van der Waals surface area contributed by atoms with Gasteiger partial charge in [-0.05, 0) is 18.8 Å². The van der Waals surface area contributed by atoms with Crippen LogP contribution >= 0.6 is 11.6 Å². The van der Waals surface area contributed by atoms with Crippen molar-refractivity contribution in [3.05, 3.63) is 11.2 Å². The molecule has 5 heteroatoms. The first-order chi connectivity index (χ1) is 8.11. The molecule has 2 atom stereocenters. The Morgan fingerprint density at radius 3 is 2.65 bits per heavy atom. The number of hydrogen-bond acceptors (Lipinski definition) is 4. The summed E-state index contributed by atoms with van der Waals surface area (Å²) in [7, 11) is 0. The molecule has 1 saturated heterocycles. The van der Waals surface area contributed by atoms with Gasteiger partial charge in [0.2, 0.25) is 5.95 Å². The van der Waals surface area contributed by atoms with Crippen molar-refractivity contribution in [2.45, 2.75) is 20.8 Å². The highest BCUT2D eigenvalue weighted by atomic mass is 35.5. The number of aromatic nitrogens is 2. The zero-order valence-electron chi connectivity index (χ0n) is 10.6. The summed E-state index contributed by atoms with van der Waals surface area (Å²) in [5.74, 6) is 2.88. The van der Waals surface area contributed by atoms with Crippen molar-refractivity contribution < 1.29 is 0 Å². The van der Waals surface area contributed by atoms with E-state index in [4.69, 9.17) is 11.6 Å². The lowest BCUT2D eigenvalue weighted by molar-refractivity contribution is 0.494. The Kier molecular flexibility index (Phi) is 3.72. The van der Waals surface area contributed by atoms with Crippen LogP contribution in [0.2, 0.25) is 5.02 Å². The lowest BCUT2D eigenvalue weighted by atomic mass is 10.0. The number of hydrogen-bond donors (Lipinski definition) is 1. The van der Waals surface area contributed by atoms with Gasteiger partial charge in [-0.2, -0.15) is 4.98 Å². The fourth-order valence-corrected chi connectivity index (χ4v) is 2.34. The van der Waals surface area contributed by atoms with Gasteiger partial charge < -0.3 is 10.2 Å². The summed E-state index contributed by atoms with van der Waals surface area (Å²) in [6.07, 6.45) is 1.68. The average Bonchev–Trinajstić information content (AvgIpc) is 2.62. The van der Waals surface area contributed by atoms with Crippen LogP contribution in [0.5, 0.6) is 0 Å². The maximum Gasteiger partial charge on any atom is 0.224 e. The van der Waals surface area contributed by atoms with E-state index in [1.165, 1.54) is 0 Å². The summed E-state index contributed by atoms with van der Waals surface area (Å²) >= 11 is 6.18. The maximum absolute atomic E-state index is 6.18. The van der Waals surface area contributed by atoms with Crippen LogP contribution in [0.1, 0.15) is 20.8 Å². The van der Waals surface area contributed by atoms with E-state index in [2.05, 4.69) is 34.0 Å². The Labute approximate surface area is 107 Å². The van der Waals surface area contributed by atoms with E-state index in [1.54, 1.807) is 6.20 Å². The quantitative estimate of drug-likeness (QED) is 0.901. The normalized spacial score (nSPS) is 24.1. The number of nitrogens with one attached hydrogen (secondary N) is 1. The average molecular weight is 255 g/mol. The standard InChI is InChI=1S/C12H19ClN4/c1-4-14-12-15-5-10(13)11(16-12)17-6-8(2)9(3)7-17/h5,8-9H,4,6-7H2,1-3H3,(H,14,15,16). The summed E-state index contributed by atoms with van der Waals surface area (Å²) in [6, 6.07) is 0. The molecule has 2 heterocycles. The van der Waals surface area contributed by atoms with Crippen LogP contribution in [0.4, 0.5) is 11.8 Å². The molecule has 2 unspecified atom stereocenters. The highest BCUT2D eigenvalue weighted by Gasteiger charge is 2.28. The molecule has 17 heavy (non-hydrogen) atoms. The number of halogens is 1. The fourth-order valence-electron chi connectivity index (χ4n) is 2.13. The predicted molar refractivity (Wildman–Crippen MR) is 71.7 cm³/mol. The molecule has 1 aromatic heterocycles. The van der Waals surface area contributed by atoms with Gasteiger partial charge in [-0.1, -0.05) is 25.4 Å². The third-order valence-electron chi connectivity index (χ3n) is 3.35. The smallest absolute Gasteiger partial charge is 0.224 e. The van der Waals surface area contributed by atoms with Crippen LogP contribution in [-0.4, -0.2) is 29.6 Å². The SMILES string of the molecule is CCNc1ncc(Cl)c(N2CC(C)C(C)C2)n1. The molecule has 1 aliphatic heterocycles. The van der Waals surface area contributed by atoms with Gasteiger partial charge in [-0.15, -0.1) is 0 Å². The number of nitrogens with zero attached hydrogens (tertiary/aromatic N) is 3. The van der Waals surface area contributed by atoms with Gasteiger partial charge in [-0.3, -0.25) is 0 Å². The molecule has 0 radical (unpaired) electrons. The molecular weight excluding hydrogens is 236 g/mol. The van der Waals surface area contributed by atoms with Crippen LogP contribution in [0, 0.1) is 11.8 Å². The van der Waals surface area contributed by atoms with Gasteiger partial charge in [-0.25, -0.2) is 4.98 Å². The fraction of sp³-hybridized carbons (Fsp3) is 0.667. The molecule has 1 fully saturated rings. The Hall–Kier alpha value is -1.03. The third kappa shape index (κ3) is 2.63. The van der Waals surface area contributed by atoms with Crippen molar-refractivity contribution in [1.82, 2.24) is 9.97 Å². The first kappa shape index (κ1) is 12.4. The monoisotopic (exact) mass is 254 g/mol. The maximum atomic E-state index is 6.18. The highest BCUT2D eigenvalue weighted by molar-refractivity contribution is 6.32. The summed E-state index contributed by atoms with van der Waals surface area (Å²) in [5, 5.41) is 3.75. The lowest BCUT2D eigenvalue weighted by Crippen LogP contribution is -2.22. The first-order valence-electron chi connectivity index (χ1n) is 6.13. The highest BCUT2D eigenvalue weighted by Crippen LogP contribution is 2.31. The molecule has 0 aliphatic carbocycles. The first-order valence-corrected chi connectivity index (χ1v) is 6.51. The van der Waals surface area contributed by atoms with Crippen molar-refractivity contribution >= 4 is 23.4 Å². The van der Waals surface area contributed by atoms with Crippen molar-refractivity contribution in [2.24, 2.45) is 11.8 Å². The number of rotatable bonds is 3. The Morgan fingerprint density at radius 1 is 1.41 bits per heavy atom. The molecule has 4 nitrogen and oxygen atoms in total. The third-order valence-corrected chi connectivity index (χ3v) is 3.61. The van der Waals surface area contributed by atoms with E-state index < -0.39 is 0 Å². The molecule has 1 N–H and O–H groups in total. The van der Waals surface area contributed by atoms with E-state index in [0.717, 1.165) is 25.5 Å². The molecule has 0 amide bonds. The summed E-state index contributed by atoms with van der Waals surface area (Å²) in [4.78, 5) is 10.9. The minimum atomic E-state index is 0.632. The Balaban J connectivity index is 2.22. The van der Waals surface area contributed by atoms with Crippen LogP contribution in [-0.2, 0) is 0 Å². The summed E-state index contributed by atoms with van der Waals surface area (Å²) in [5.41, 5.74) is 0. The molecule has 0 aromatic carbocycles. The molecule has 0 spiro atoms. The molecule has 0 bridgehead atoms. The van der Waals surface area contributed by atoms with E-state index in [1.807, 2.05) is 6.92 Å². The van der Waals surface area contributed by atoms with Crippen LogP contribution in [0.3, 0.4) is 0 Å². The molecule has 1 aromatic rings. The van der Waals surface area contributed by atoms with Gasteiger partial charge in [0.25, 0.3) is 0 Å². The molecule has 2 rings (SSSR count).